The largest absolute Gasteiger partial charge is 0.351 e. The SMILES string of the molecule is CC1CC1C(=O)Nc1cccc(C(=O)NCCN2CCN(C(=O)C3CCCC3)CC2)c1. The van der Waals surface area contributed by atoms with Crippen molar-refractivity contribution in [1.29, 1.82) is 0 Å². The zero-order valence-electron chi connectivity index (χ0n) is 18.4. The lowest BCUT2D eigenvalue weighted by molar-refractivity contribution is -0.137. The number of benzene rings is 1. The van der Waals surface area contributed by atoms with E-state index in [1.165, 1.54) is 12.8 Å². The normalized spacial score (nSPS) is 24.1. The lowest BCUT2D eigenvalue weighted by Gasteiger charge is -2.36. The molecule has 31 heavy (non-hydrogen) atoms. The van der Waals surface area contributed by atoms with E-state index in [4.69, 9.17) is 0 Å². The molecule has 2 atom stereocenters. The van der Waals surface area contributed by atoms with E-state index in [2.05, 4.69) is 22.5 Å². The average Bonchev–Trinajstić information content (AvgIpc) is 3.27. The number of rotatable bonds is 7. The summed E-state index contributed by atoms with van der Waals surface area (Å²) >= 11 is 0. The van der Waals surface area contributed by atoms with Crippen LogP contribution in [0.15, 0.2) is 24.3 Å². The van der Waals surface area contributed by atoms with Crippen LogP contribution in [0.3, 0.4) is 0 Å². The minimum Gasteiger partial charge on any atom is -0.351 e. The number of hydrogen-bond donors (Lipinski definition) is 2. The van der Waals surface area contributed by atoms with Crippen LogP contribution in [0.2, 0.25) is 0 Å². The van der Waals surface area contributed by atoms with Crippen molar-refractivity contribution in [1.82, 2.24) is 15.1 Å². The Morgan fingerprint density at radius 3 is 2.45 bits per heavy atom. The average molecular weight is 427 g/mol. The monoisotopic (exact) mass is 426 g/mol. The Kier molecular flexibility index (Phi) is 6.90. The summed E-state index contributed by atoms with van der Waals surface area (Å²) in [4.78, 5) is 41.5. The van der Waals surface area contributed by atoms with Gasteiger partial charge in [-0.15, -0.1) is 0 Å². The summed E-state index contributed by atoms with van der Waals surface area (Å²) in [6.45, 7) is 6.68. The number of carbonyl (C=O) groups is 3. The molecule has 0 aromatic heterocycles. The van der Waals surface area contributed by atoms with Crippen molar-refractivity contribution in [2.75, 3.05) is 44.6 Å². The Hall–Kier alpha value is -2.41. The molecule has 168 valence electrons. The molecular weight excluding hydrogens is 392 g/mol. The molecule has 3 fully saturated rings. The zero-order valence-corrected chi connectivity index (χ0v) is 18.4. The first kappa shape index (κ1) is 21.8. The number of hydrogen-bond acceptors (Lipinski definition) is 4. The van der Waals surface area contributed by atoms with Crippen molar-refractivity contribution < 1.29 is 14.4 Å². The molecule has 0 spiro atoms. The summed E-state index contributed by atoms with van der Waals surface area (Å²) in [7, 11) is 0. The fourth-order valence-electron chi connectivity index (χ4n) is 4.71. The number of piperazine rings is 1. The molecule has 3 amide bonds. The van der Waals surface area contributed by atoms with E-state index < -0.39 is 0 Å². The van der Waals surface area contributed by atoms with Gasteiger partial charge >= 0.3 is 0 Å². The molecule has 3 aliphatic rings. The molecule has 2 saturated carbocycles. The molecule has 0 radical (unpaired) electrons. The number of nitrogens with one attached hydrogen (secondary N) is 2. The van der Waals surface area contributed by atoms with Gasteiger partial charge < -0.3 is 15.5 Å². The summed E-state index contributed by atoms with van der Waals surface area (Å²) in [5, 5.41) is 5.89. The van der Waals surface area contributed by atoms with Crippen LogP contribution in [-0.4, -0.2) is 66.8 Å². The fourth-order valence-corrected chi connectivity index (χ4v) is 4.71. The maximum absolute atomic E-state index is 12.5. The fraction of sp³-hybridized carbons (Fsp3) is 0.625. The van der Waals surface area contributed by atoms with E-state index in [-0.39, 0.29) is 23.7 Å². The first-order valence-corrected chi connectivity index (χ1v) is 11.7. The van der Waals surface area contributed by atoms with E-state index in [1.54, 1.807) is 18.2 Å². The highest BCUT2D eigenvalue weighted by atomic mass is 16.2. The van der Waals surface area contributed by atoms with Gasteiger partial charge in [0.15, 0.2) is 0 Å². The summed E-state index contributed by atoms with van der Waals surface area (Å²) in [5.41, 5.74) is 1.22. The Labute approximate surface area is 184 Å². The molecule has 1 saturated heterocycles. The van der Waals surface area contributed by atoms with Gasteiger partial charge in [-0.25, -0.2) is 0 Å². The van der Waals surface area contributed by atoms with Crippen molar-refractivity contribution in [2.45, 2.75) is 39.0 Å². The Morgan fingerprint density at radius 1 is 1.06 bits per heavy atom. The summed E-state index contributed by atoms with van der Waals surface area (Å²) in [6, 6.07) is 7.10. The van der Waals surface area contributed by atoms with Gasteiger partial charge in [0.25, 0.3) is 5.91 Å². The highest BCUT2D eigenvalue weighted by molar-refractivity contribution is 5.98. The molecule has 0 bridgehead atoms. The molecule has 7 heteroatoms. The standard InChI is InChI=1S/C24H34N4O3/c1-17-15-21(17)23(30)26-20-8-4-7-19(16-20)22(29)25-9-10-27-11-13-28(14-12-27)24(31)18-5-2-3-6-18/h4,7-8,16-18,21H,2-3,5-6,9-15H2,1H3,(H,25,29)(H,26,30). The van der Waals surface area contributed by atoms with Crippen LogP contribution >= 0.6 is 0 Å². The molecule has 4 rings (SSSR count). The zero-order chi connectivity index (χ0) is 21.8. The minimum absolute atomic E-state index is 0.0376. The molecule has 7 nitrogen and oxygen atoms in total. The van der Waals surface area contributed by atoms with Crippen LogP contribution in [0.5, 0.6) is 0 Å². The Balaban J connectivity index is 1.17. The third kappa shape index (κ3) is 5.64. The molecule has 1 aromatic rings. The van der Waals surface area contributed by atoms with Crippen molar-refractivity contribution in [3.8, 4) is 0 Å². The first-order chi connectivity index (χ1) is 15.0. The molecule has 2 aliphatic carbocycles. The summed E-state index contributed by atoms with van der Waals surface area (Å²) in [6.07, 6.45) is 5.41. The van der Waals surface area contributed by atoms with Crippen molar-refractivity contribution >= 4 is 23.4 Å². The second kappa shape index (κ2) is 9.81. The molecule has 1 aromatic carbocycles. The third-order valence-electron chi connectivity index (χ3n) is 6.94. The summed E-state index contributed by atoms with van der Waals surface area (Å²) < 4.78 is 0. The highest BCUT2D eigenvalue weighted by Crippen LogP contribution is 2.38. The van der Waals surface area contributed by atoms with Crippen molar-refractivity contribution in [3.05, 3.63) is 29.8 Å². The maximum Gasteiger partial charge on any atom is 0.251 e. The molecule has 1 aliphatic heterocycles. The highest BCUT2D eigenvalue weighted by Gasteiger charge is 2.39. The topological polar surface area (TPSA) is 81.8 Å². The smallest absolute Gasteiger partial charge is 0.251 e. The van der Waals surface area contributed by atoms with Gasteiger partial charge in [-0.3, -0.25) is 19.3 Å². The predicted octanol–water partition coefficient (Wildman–Crippen LogP) is 2.35. The van der Waals surface area contributed by atoms with Gasteiger partial charge in [0.05, 0.1) is 0 Å². The molecule has 1 heterocycles. The quantitative estimate of drug-likeness (QED) is 0.701. The third-order valence-corrected chi connectivity index (χ3v) is 6.94. The maximum atomic E-state index is 12.5. The van der Waals surface area contributed by atoms with Crippen LogP contribution in [0.1, 0.15) is 49.4 Å². The predicted molar refractivity (Wildman–Crippen MR) is 120 cm³/mol. The van der Waals surface area contributed by atoms with Gasteiger partial charge in [0.1, 0.15) is 0 Å². The van der Waals surface area contributed by atoms with Crippen molar-refractivity contribution in [2.24, 2.45) is 17.8 Å². The van der Waals surface area contributed by atoms with Gasteiger partial charge in [-0.1, -0.05) is 25.8 Å². The Bertz CT molecular complexity index is 813. The minimum atomic E-state index is -0.133. The van der Waals surface area contributed by atoms with Crippen molar-refractivity contribution in [3.63, 3.8) is 0 Å². The molecule has 2 N–H and O–H groups in total. The van der Waals surface area contributed by atoms with Crippen LogP contribution < -0.4 is 10.6 Å². The second-order valence-electron chi connectivity index (χ2n) is 9.29. The number of amides is 3. The van der Waals surface area contributed by atoms with Gasteiger partial charge in [-0.05, 0) is 43.4 Å². The summed E-state index contributed by atoms with van der Waals surface area (Å²) in [5.74, 6) is 1.05. The van der Waals surface area contributed by atoms with E-state index in [1.807, 2.05) is 11.0 Å². The van der Waals surface area contributed by atoms with E-state index in [0.29, 0.717) is 29.6 Å². The van der Waals surface area contributed by atoms with E-state index in [0.717, 1.165) is 52.0 Å². The van der Waals surface area contributed by atoms with E-state index in [9.17, 15) is 14.4 Å². The lowest BCUT2D eigenvalue weighted by Crippen LogP contribution is -2.51. The van der Waals surface area contributed by atoms with Crippen LogP contribution in [-0.2, 0) is 9.59 Å². The molecular formula is C24H34N4O3. The van der Waals surface area contributed by atoms with Crippen LogP contribution in [0.4, 0.5) is 5.69 Å². The van der Waals surface area contributed by atoms with E-state index >= 15 is 0 Å². The van der Waals surface area contributed by atoms with Crippen LogP contribution in [0, 0.1) is 17.8 Å². The van der Waals surface area contributed by atoms with Gasteiger partial charge in [0, 0.05) is 62.4 Å². The number of anilines is 1. The number of carbonyl (C=O) groups excluding carboxylic acids is 3. The molecule has 2 unspecified atom stereocenters. The van der Waals surface area contributed by atoms with Gasteiger partial charge in [0.2, 0.25) is 11.8 Å². The van der Waals surface area contributed by atoms with Crippen LogP contribution in [0.25, 0.3) is 0 Å². The lowest BCUT2D eigenvalue weighted by atomic mass is 10.1. The number of nitrogens with zero attached hydrogens (tertiary/aromatic N) is 2. The Morgan fingerprint density at radius 2 is 1.77 bits per heavy atom. The second-order valence-corrected chi connectivity index (χ2v) is 9.29. The van der Waals surface area contributed by atoms with Gasteiger partial charge in [-0.2, -0.15) is 0 Å². The first-order valence-electron chi connectivity index (χ1n) is 11.7.